The van der Waals surface area contributed by atoms with Crippen LogP contribution in [0.25, 0.3) is 0 Å². The summed E-state index contributed by atoms with van der Waals surface area (Å²) < 4.78 is 19.8. The van der Waals surface area contributed by atoms with Crippen LogP contribution in [0.1, 0.15) is 40.0 Å². The van der Waals surface area contributed by atoms with Crippen molar-refractivity contribution in [2.24, 2.45) is 5.92 Å². The van der Waals surface area contributed by atoms with E-state index in [0.29, 0.717) is 0 Å². The number of alkyl halides is 2. The summed E-state index contributed by atoms with van der Waals surface area (Å²) in [7, 11) is 0. The number of unbranched alkanes of at least 4 members (excludes halogenated alkanes) is 1. The molecule has 0 aliphatic heterocycles. The first-order chi connectivity index (χ1) is 5.00. The second-order valence-electron chi connectivity index (χ2n) is 2.81. The normalized spacial score (nSPS) is 9.82. The van der Waals surface area contributed by atoms with Gasteiger partial charge in [0.2, 0.25) is 0 Å². The van der Waals surface area contributed by atoms with E-state index in [1.165, 1.54) is 19.3 Å². The Morgan fingerprint density at radius 3 is 1.73 bits per heavy atom. The summed E-state index contributed by atoms with van der Waals surface area (Å²) in [5.74, 6) is 0.903. The minimum Gasteiger partial charge on any atom is -0.339 e. The molecule has 0 aliphatic carbocycles. The molecule has 1 N–H and O–H groups in total. The van der Waals surface area contributed by atoms with Crippen molar-refractivity contribution in [3.05, 3.63) is 0 Å². The highest BCUT2D eigenvalue weighted by Gasteiger charge is 1.88. The van der Waals surface area contributed by atoms with Crippen LogP contribution < -0.4 is 0 Å². The predicted molar refractivity (Wildman–Crippen MR) is 42.6 cm³/mol. The van der Waals surface area contributed by atoms with Crippen molar-refractivity contribution in [1.82, 2.24) is 0 Å². The Balaban J connectivity index is 0. The zero-order chi connectivity index (χ0) is 9.28. The van der Waals surface area contributed by atoms with E-state index in [9.17, 15) is 8.78 Å². The Morgan fingerprint density at radius 2 is 1.64 bits per heavy atom. The quantitative estimate of drug-likeness (QED) is 0.686. The Hall–Kier alpha value is -0.180. The SMILES string of the molecule is CCCCC(C)C.OC(F)F. The minimum absolute atomic E-state index is 0.903. The lowest BCUT2D eigenvalue weighted by Crippen LogP contribution is -1.83. The molecule has 0 spiro atoms. The maximum atomic E-state index is 9.89. The molecule has 70 valence electrons. The first-order valence-corrected chi connectivity index (χ1v) is 3.96. The molecule has 0 rings (SSSR count). The average Bonchev–Trinajstić information content (AvgIpc) is 1.82. The maximum Gasteiger partial charge on any atom is 0.342 e. The zero-order valence-corrected chi connectivity index (χ0v) is 7.48. The summed E-state index contributed by atoms with van der Waals surface area (Å²) in [4.78, 5) is 0. The molecular formula is C8H18F2O. The summed E-state index contributed by atoms with van der Waals surface area (Å²) in [5.41, 5.74) is 0. The monoisotopic (exact) mass is 168 g/mol. The topological polar surface area (TPSA) is 20.2 Å². The molecule has 0 saturated carbocycles. The van der Waals surface area contributed by atoms with Crippen LogP contribution in [0.15, 0.2) is 0 Å². The molecule has 0 aromatic heterocycles. The van der Waals surface area contributed by atoms with Gasteiger partial charge in [-0.1, -0.05) is 40.0 Å². The second kappa shape index (κ2) is 9.82. The number of rotatable bonds is 3. The van der Waals surface area contributed by atoms with Crippen molar-refractivity contribution < 1.29 is 13.9 Å². The third-order valence-corrected chi connectivity index (χ3v) is 1.14. The van der Waals surface area contributed by atoms with E-state index in [4.69, 9.17) is 5.11 Å². The molecule has 0 fully saturated rings. The maximum absolute atomic E-state index is 9.89. The van der Waals surface area contributed by atoms with E-state index in [1.54, 1.807) is 0 Å². The minimum atomic E-state index is -3.17. The van der Waals surface area contributed by atoms with Crippen LogP contribution in [-0.2, 0) is 0 Å². The van der Waals surface area contributed by atoms with Crippen LogP contribution in [0.2, 0.25) is 0 Å². The molecular weight excluding hydrogens is 150 g/mol. The van der Waals surface area contributed by atoms with Crippen LogP contribution in [0.3, 0.4) is 0 Å². The Labute approximate surface area is 67.4 Å². The average molecular weight is 168 g/mol. The van der Waals surface area contributed by atoms with Crippen LogP contribution >= 0.6 is 0 Å². The van der Waals surface area contributed by atoms with E-state index >= 15 is 0 Å². The van der Waals surface area contributed by atoms with E-state index in [1.807, 2.05) is 0 Å². The molecule has 0 radical (unpaired) electrons. The third kappa shape index (κ3) is 41.2. The summed E-state index contributed by atoms with van der Waals surface area (Å²) in [6.07, 6.45) is 4.15. The fourth-order valence-corrected chi connectivity index (χ4v) is 0.612. The van der Waals surface area contributed by atoms with Crippen LogP contribution in [0.5, 0.6) is 0 Å². The van der Waals surface area contributed by atoms with Gasteiger partial charge in [0.1, 0.15) is 0 Å². The van der Waals surface area contributed by atoms with Crippen molar-refractivity contribution in [3.8, 4) is 0 Å². The van der Waals surface area contributed by atoms with Crippen LogP contribution in [0, 0.1) is 5.92 Å². The van der Waals surface area contributed by atoms with Gasteiger partial charge in [0, 0.05) is 0 Å². The predicted octanol–water partition coefficient (Wildman–Crippen LogP) is 3.03. The highest BCUT2D eigenvalue weighted by Crippen LogP contribution is 2.04. The molecule has 3 heteroatoms. The molecule has 0 aromatic rings. The Kier molecular flexibility index (Phi) is 12.0. The lowest BCUT2D eigenvalue weighted by atomic mass is 10.1. The summed E-state index contributed by atoms with van der Waals surface area (Å²) in [6.45, 7) is 3.62. The molecule has 11 heavy (non-hydrogen) atoms. The van der Waals surface area contributed by atoms with Gasteiger partial charge >= 0.3 is 6.61 Å². The molecule has 0 bridgehead atoms. The highest BCUT2D eigenvalue weighted by molar-refractivity contribution is 4.42. The van der Waals surface area contributed by atoms with Gasteiger partial charge in [-0.2, -0.15) is 8.78 Å². The lowest BCUT2D eigenvalue weighted by molar-refractivity contribution is -0.0728. The molecule has 0 amide bonds. The van der Waals surface area contributed by atoms with Crippen molar-refractivity contribution >= 4 is 0 Å². The van der Waals surface area contributed by atoms with Gasteiger partial charge < -0.3 is 5.11 Å². The highest BCUT2D eigenvalue weighted by atomic mass is 19.3. The smallest absolute Gasteiger partial charge is 0.339 e. The third-order valence-electron chi connectivity index (χ3n) is 1.14. The van der Waals surface area contributed by atoms with Gasteiger partial charge in [0.05, 0.1) is 0 Å². The molecule has 0 saturated heterocycles. The van der Waals surface area contributed by atoms with E-state index in [0.717, 1.165) is 5.92 Å². The summed E-state index contributed by atoms with van der Waals surface area (Å²) in [5, 5.41) is 6.72. The second-order valence-corrected chi connectivity index (χ2v) is 2.81. The number of hydrogen-bond acceptors (Lipinski definition) is 1. The number of aliphatic hydroxyl groups excluding tert-OH is 1. The van der Waals surface area contributed by atoms with E-state index < -0.39 is 6.61 Å². The zero-order valence-electron chi connectivity index (χ0n) is 7.48. The Morgan fingerprint density at radius 1 is 1.27 bits per heavy atom. The van der Waals surface area contributed by atoms with Gasteiger partial charge in [-0.05, 0) is 5.92 Å². The molecule has 0 atom stereocenters. The molecule has 0 aliphatic rings. The van der Waals surface area contributed by atoms with Crippen molar-refractivity contribution in [3.63, 3.8) is 0 Å². The van der Waals surface area contributed by atoms with Gasteiger partial charge in [-0.3, -0.25) is 0 Å². The van der Waals surface area contributed by atoms with Crippen molar-refractivity contribution in [2.75, 3.05) is 0 Å². The van der Waals surface area contributed by atoms with Gasteiger partial charge in [-0.15, -0.1) is 0 Å². The van der Waals surface area contributed by atoms with E-state index in [2.05, 4.69) is 20.8 Å². The fraction of sp³-hybridized carbons (Fsp3) is 1.00. The fourth-order valence-electron chi connectivity index (χ4n) is 0.612. The van der Waals surface area contributed by atoms with Gasteiger partial charge in [0.15, 0.2) is 0 Å². The first kappa shape index (κ1) is 13.4. The van der Waals surface area contributed by atoms with E-state index in [-0.39, 0.29) is 0 Å². The van der Waals surface area contributed by atoms with Crippen LogP contribution in [-0.4, -0.2) is 11.7 Å². The number of aliphatic hydroxyl groups is 1. The van der Waals surface area contributed by atoms with Crippen LogP contribution in [0.4, 0.5) is 8.78 Å². The molecule has 1 nitrogen and oxygen atoms in total. The number of halogens is 2. The molecule has 0 unspecified atom stereocenters. The molecule has 0 aromatic carbocycles. The number of hydrogen-bond donors (Lipinski definition) is 1. The first-order valence-electron chi connectivity index (χ1n) is 3.96. The lowest BCUT2D eigenvalue weighted by Gasteiger charge is -1.98. The standard InChI is InChI=1S/C7H16.CH2F2O/c1-4-5-6-7(2)3;2-1(3)4/h7H,4-6H2,1-3H3;1,4H. The van der Waals surface area contributed by atoms with Gasteiger partial charge in [-0.25, -0.2) is 0 Å². The van der Waals surface area contributed by atoms with Gasteiger partial charge in [0.25, 0.3) is 0 Å². The largest absolute Gasteiger partial charge is 0.342 e. The Bertz CT molecular complexity index is 62.4. The molecule has 0 heterocycles. The summed E-state index contributed by atoms with van der Waals surface area (Å²) >= 11 is 0. The van der Waals surface area contributed by atoms with Crippen molar-refractivity contribution in [2.45, 2.75) is 46.6 Å². The van der Waals surface area contributed by atoms with Crippen molar-refractivity contribution in [1.29, 1.82) is 0 Å². The summed E-state index contributed by atoms with van der Waals surface area (Å²) in [6, 6.07) is 0.